The van der Waals surface area contributed by atoms with Crippen molar-refractivity contribution in [2.24, 2.45) is 0 Å². The van der Waals surface area contributed by atoms with Crippen molar-refractivity contribution in [1.29, 1.82) is 0 Å². The summed E-state index contributed by atoms with van der Waals surface area (Å²) in [5, 5.41) is 3.59. The predicted octanol–water partition coefficient (Wildman–Crippen LogP) is 2.03. The van der Waals surface area contributed by atoms with Crippen molar-refractivity contribution >= 4 is 27.5 Å². The molecular formula is C13H21N3O2S2. The first-order valence-electron chi connectivity index (χ1n) is 6.90. The molecule has 2 rings (SSSR count). The summed E-state index contributed by atoms with van der Waals surface area (Å²) >= 11 is 1.85. The van der Waals surface area contributed by atoms with Crippen molar-refractivity contribution in [3.05, 3.63) is 18.3 Å². The molecule has 7 heteroatoms. The molecule has 0 amide bonds. The van der Waals surface area contributed by atoms with Crippen LogP contribution < -0.4 is 5.32 Å². The summed E-state index contributed by atoms with van der Waals surface area (Å²) in [7, 11) is -3.51. The van der Waals surface area contributed by atoms with Gasteiger partial charge in [0.05, 0.1) is 5.69 Å². The van der Waals surface area contributed by atoms with Crippen LogP contribution in [0.15, 0.2) is 23.4 Å². The van der Waals surface area contributed by atoms with Crippen molar-refractivity contribution in [3.63, 3.8) is 0 Å². The Labute approximate surface area is 125 Å². The second-order valence-electron chi connectivity index (χ2n) is 4.65. The summed E-state index contributed by atoms with van der Waals surface area (Å²) < 4.78 is 27.1. The largest absolute Gasteiger partial charge is 0.383 e. The summed E-state index contributed by atoms with van der Waals surface area (Å²) in [6.07, 6.45) is 2.52. The Kier molecular flexibility index (Phi) is 5.29. The summed E-state index contributed by atoms with van der Waals surface area (Å²) in [6.45, 7) is 5.84. The van der Waals surface area contributed by atoms with E-state index in [9.17, 15) is 8.42 Å². The van der Waals surface area contributed by atoms with Gasteiger partial charge in [-0.15, -0.1) is 0 Å². The van der Waals surface area contributed by atoms with Gasteiger partial charge in [-0.05, 0) is 25.5 Å². The summed E-state index contributed by atoms with van der Waals surface area (Å²) in [4.78, 5) is 4.10. The normalized spacial score (nSPS) is 20.8. The first-order chi connectivity index (χ1) is 9.59. The molecule has 1 atom stereocenters. The number of hydrogen-bond acceptors (Lipinski definition) is 5. The van der Waals surface area contributed by atoms with E-state index in [1.165, 1.54) is 6.20 Å². The van der Waals surface area contributed by atoms with E-state index in [1.54, 1.807) is 16.4 Å². The first kappa shape index (κ1) is 15.6. The standard InChI is InChI=1S/C13H21N3O2S2/c1-3-11-10-16(8-9-19-11)20(17,18)13-12(14-4-2)6-5-7-15-13/h5-7,11,14H,3-4,8-10H2,1-2H3. The third kappa shape index (κ3) is 3.27. The van der Waals surface area contributed by atoms with E-state index in [2.05, 4.69) is 17.2 Å². The minimum Gasteiger partial charge on any atom is -0.383 e. The molecule has 1 aromatic rings. The van der Waals surface area contributed by atoms with E-state index in [0.717, 1.165) is 12.2 Å². The zero-order valence-electron chi connectivity index (χ0n) is 11.9. The molecular weight excluding hydrogens is 294 g/mol. The molecule has 0 spiro atoms. The fraction of sp³-hybridized carbons (Fsp3) is 0.615. The fourth-order valence-corrected chi connectivity index (χ4v) is 5.16. The zero-order chi connectivity index (χ0) is 14.6. The van der Waals surface area contributed by atoms with Gasteiger partial charge in [-0.3, -0.25) is 0 Å². The molecule has 1 aromatic heterocycles. The van der Waals surface area contributed by atoms with Crippen molar-refractivity contribution in [1.82, 2.24) is 9.29 Å². The van der Waals surface area contributed by atoms with Crippen LogP contribution in [0.1, 0.15) is 20.3 Å². The lowest BCUT2D eigenvalue weighted by Gasteiger charge is -2.31. The highest BCUT2D eigenvalue weighted by atomic mass is 32.2. The van der Waals surface area contributed by atoms with E-state index in [-0.39, 0.29) is 5.03 Å². The van der Waals surface area contributed by atoms with Crippen molar-refractivity contribution in [2.75, 3.05) is 30.7 Å². The molecule has 20 heavy (non-hydrogen) atoms. The Morgan fingerprint density at radius 3 is 3.00 bits per heavy atom. The van der Waals surface area contributed by atoms with Crippen LogP contribution in [-0.2, 0) is 10.0 Å². The molecule has 112 valence electrons. The van der Waals surface area contributed by atoms with Crippen LogP contribution in [0, 0.1) is 0 Å². The highest BCUT2D eigenvalue weighted by Gasteiger charge is 2.32. The van der Waals surface area contributed by atoms with Gasteiger partial charge in [-0.2, -0.15) is 16.1 Å². The van der Waals surface area contributed by atoms with Crippen LogP contribution >= 0.6 is 11.8 Å². The minimum atomic E-state index is -3.51. The van der Waals surface area contributed by atoms with Crippen LogP contribution in [-0.4, -0.2) is 48.3 Å². The van der Waals surface area contributed by atoms with Gasteiger partial charge in [-0.25, -0.2) is 13.4 Å². The Balaban J connectivity index is 2.30. The predicted molar refractivity (Wildman–Crippen MR) is 83.7 cm³/mol. The van der Waals surface area contributed by atoms with E-state index in [1.807, 2.05) is 18.7 Å². The smallest absolute Gasteiger partial charge is 0.262 e. The Morgan fingerprint density at radius 2 is 2.30 bits per heavy atom. The molecule has 0 aliphatic carbocycles. The van der Waals surface area contributed by atoms with Crippen LogP contribution in [0.4, 0.5) is 5.69 Å². The maximum atomic E-state index is 12.8. The average molecular weight is 315 g/mol. The van der Waals surface area contributed by atoms with Gasteiger partial charge in [0, 0.05) is 36.8 Å². The van der Waals surface area contributed by atoms with E-state index in [4.69, 9.17) is 0 Å². The molecule has 1 unspecified atom stereocenters. The topological polar surface area (TPSA) is 62.3 Å². The Morgan fingerprint density at radius 1 is 1.50 bits per heavy atom. The van der Waals surface area contributed by atoms with Crippen LogP contribution in [0.25, 0.3) is 0 Å². The zero-order valence-corrected chi connectivity index (χ0v) is 13.5. The van der Waals surface area contributed by atoms with Gasteiger partial charge >= 0.3 is 0 Å². The summed E-state index contributed by atoms with van der Waals surface area (Å²) in [5.41, 5.74) is 0.585. The van der Waals surface area contributed by atoms with Crippen molar-refractivity contribution < 1.29 is 8.42 Å². The molecule has 0 radical (unpaired) electrons. The molecule has 5 nitrogen and oxygen atoms in total. The number of sulfonamides is 1. The van der Waals surface area contributed by atoms with Gasteiger partial charge in [0.2, 0.25) is 0 Å². The number of rotatable bonds is 5. The lowest BCUT2D eigenvalue weighted by Crippen LogP contribution is -2.42. The number of nitrogens with zero attached hydrogens (tertiary/aromatic N) is 2. The van der Waals surface area contributed by atoms with E-state index >= 15 is 0 Å². The van der Waals surface area contributed by atoms with Crippen LogP contribution in [0.3, 0.4) is 0 Å². The first-order valence-corrected chi connectivity index (χ1v) is 9.39. The lowest BCUT2D eigenvalue weighted by molar-refractivity contribution is 0.414. The van der Waals surface area contributed by atoms with Gasteiger partial charge < -0.3 is 5.32 Å². The number of pyridine rings is 1. The average Bonchev–Trinajstić information content (AvgIpc) is 2.48. The summed E-state index contributed by atoms with van der Waals surface area (Å²) in [6, 6.07) is 3.51. The second-order valence-corrected chi connectivity index (χ2v) is 7.91. The monoisotopic (exact) mass is 315 g/mol. The number of hydrogen-bond donors (Lipinski definition) is 1. The molecule has 1 fully saturated rings. The van der Waals surface area contributed by atoms with Gasteiger partial charge in [-0.1, -0.05) is 6.92 Å². The van der Waals surface area contributed by atoms with Gasteiger partial charge in [0.15, 0.2) is 5.03 Å². The summed E-state index contributed by atoms with van der Waals surface area (Å²) in [5.74, 6) is 0.848. The molecule has 0 saturated carbocycles. The Hall–Kier alpha value is -0.790. The molecule has 2 heterocycles. The number of aromatic nitrogens is 1. The number of thioether (sulfide) groups is 1. The highest BCUT2D eigenvalue weighted by molar-refractivity contribution is 8.00. The quantitative estimate of drug-likeness (QED) is 0.901. The van der Waals surface area contributed by atoms with E-state index < -0.39 is 10.0 Å². The fourth-order valence-electron chi connectivity index (χ4n) is 2.20. The number of anilines is 1. The van der Waals surface area contributed by atoms with E-state index in [0.29, 0.717) is 30.6 Å². The molecule has 1 aliphatic rings. The van der Waals surface area contributed by atoms with Gasteiger partial charge in [0.1, 0.15) is 0 Å². The van der Waals surface area contributed by atoms with Crippen LogP contribution in [0.5, 0.6) is 0 Å². The molecule has 1 N–H and O–H groups in total. The third-order valence-electron chi connectivity index (χ3n) is 3.28. The number of nitrogens with one attached hydrogen (secondary N) is 1. The molecule has 1 saturated heterocycles. The van der Waals surface area contributed by atoms with Crippen molar-refractivity contribution in [2.45, 2.75) is 30.5 Å². The molecule has 1 aliphatic heterocycles. The minimum absolute atomic E-state index is 0.142. The van der Waals surface area contributed by atoms with Crippen molar-refractivity contribution in [3.8, 4) is 0 Å². The SMILES string of the molecule is CCNc1cccnc1S(=O)(=O)N1CCSC(CC)C1. The molecule has 0 bridgehead atoms. The maximum Gasteiger partial charge on any atom is 0.262 e. The maximum absolute atomic E-state index is 12.8. The van der Waals surface area contributed by atoms with Gasteiger partial charge in [0.25, 0.3) is 10.0 Å². The van der Waals surface area contributed by atoms with Crippen LogP contribution in [0.2, 0.25) is 0 Å². The second kappa shape index (κ2) is 6.78. The third-order valence-corrected chi connectivity index (χ3v) is 6.48. The Bertz CT molecular complexity index is 548. The lowest BCUT2D eigenvalue weighted by atomic mass is 10.3. The highest BCUT2D eigenvalue weighted by Crippen LogP contribution is 2.28. The molecule has 0 aromatic carbocycles.